The van der Waals surface area contributed by atoms with E-state index in [2.05, 4.69) is 14.8 Å². The largest absolute Gasteiger partial charge is 0.489 e. The first kappa shape index (κ1) is 28.0. The van der Waals surface area contributed by atoms with E-state index in [4.69, 9.17) is 4.74 Å². The lowest BCUT2D eigenvalue weighted by Gasteiger charge is -2.19. The van der Waals surface area contributed by atoms with Crippen LogP contribution in [0.5, 0.6) is 11.5 Å². The number of allylic oxidation sites excluding steroid dienone is 1. The summed E-state index contributed by atoms with van der Waals surface area (Å²) in [5.41, 5.74) is 2.02. The Morgan fingerprint density at radius 2 is 1.70 bits per heavy atom. The number of hydrogen-bond donors (Lipinski definition) is 0. The van der Waals surface area contributed by atoms with Crippen LogP contribution in [0.4, 0.5) is 26.5 Å². The van der Waals surface area contributed by atoms with Gasteiger partial charge in [0.25, 0.3) is 0 Å². The molecule has 0 bridgehead atoms. The van der Waals surface area contributed by atoms with Gasteiger partial charge in [0.2, 0.25) is 5.95 Å². The van der Waals surface area contributed by atoms with Crippen LogP contribution in [0, 0.1) is 5.95 Å². The maximum Gasteiger partial charge on any atom is 0.433 e. The van der Waals surface area contributed by atoms with Gasteiger partial charge in [-0.25, -0.2) is 4.98 Å². The minimum Gasteiger partial charge on any atom is -0.489 e. The fraction of sp³-hybridized carbons (Fsp3) is 0.367. The zero-order chi connectivity index (χ0) is 28.3. The number of rotatable bonds is 8. The third kappa shape index (κ3) is 6.11. The molecule has 0 unspecified atom stereocenters. The number of ether oxygens (including phenoxy) is 1. The van der Waals surface area contributed by atoms with Gasteiger partial charge in [0, 0.05) is 29.7 Å². The van der Waals surface area contributed by atoms with Crippen LogP contribution in [0.1, 0.15) is 53.6 Å². The smallest absolute Gasteiger partial charge is 0.433 e. The second kappa shape index (κ2) is 11.9. The SMILES string of the molecule is FCCCN1CC[C@H](Oc2ccc(C3=C(c4ccc(C(F)(F)F)nc4F)CCCc4cc(OF)ccc43)cc2)C1. The lowest BCUT2D eigenvalue weighted by Crippen LogP contribution is -2.26. The summed E-state index contributed by atoms with van der Waals surface area (Å²) in [5.74, 6) is -0.529. The summed E-state index contributed by atoms with van der Waals surface area (Å²) in [7, 11) is 0. The molecule has 1 aliphatic carbocycles. The Kier molecular flexibility index (Phi) is 8.35. The van der Waals surface area contributed by atoms with Crippen molar-refractivity contribution in [3.8, 4) is 11.5 Å². The molecule has 1 saturated heterocycles. The van der Waals surface area contributed by atoms with Crippen molar-refractivity contribution in [1.82, 2.24) is 9.88 Å². The molecule has 1 fully saturated rings. The zero-order valence-corrected chi connectivity index (χ0v) is 21.6. The third-order valence-electron chi connectivity index (χ3n) is 7.36. The van der Waals surface area contributed by atoms with Crippen LogP contribution >= 0.6 is 0 Å². The predicted octanol–water partition coefficient (Wildman–Crippen LogP) is 7.61. The van der Waals surface area contributed by atoms with Crippen molar-refractivity contribution in [2.75, 3.05) is 26.3 Å². The molecule has 212 valence electrons. The predicted molar refractivity (Wildman–Crippen MR) is 139 cm³/mol. The van der Waals surface area contributed by atoms with Gasteiger partial charge in [0.15, 0.2) is 5.75 Å². The minimum absolute atomic E-state index is 0.0127. The monoisotopic (exact) mass is 562 g/mol. The Bertz CT molecular complexity index is 1370. The number of likely N-dealkylation sites (tertiary alicyclic amines) is 1. The molecule has 0 N–H and O–H groups in total. The first-order chi connectivity index (χ1) is 19.3. The molecule has 0 saturated carbocycles. The molecule has 1 aliphatic heterocycles. The molecule has 2 aliphatic rings. The van der Waals surface area contributed by atoms with Gasteiger partial charge in [-0.15, -0.1) is 0 Å². The van der Waals surface area contributed by atoms with Crippen LogP contribution in [0.15, 0.2) is 54.6 Å². The van der Waals surface area contributed by atoms with Crippen LogP contribution in [-0.2, 0) is 12.6 Å². The first-order valence-corrected chi connectivity index (χ1v) is 13.2. The summed E-state index contributed by atoms with van der Waals surface area (Å²) in [6.45, 7) is 1.89. The van der Waals surface area contributed by atoms with E-state index in [0.29, 0.717) is 66.8 Å². The number of benzene rings is 2. The molecule has 2 aromatic carbocycles. The second-order valence-electron chi connectivity index (χ2n) is 10.0. The van der Waals surface area contributed by atoms with Crippen molar-refractivity contribution in [3.63, 3.8) is 0 Å². The van der Waals surface area contributed by atoms with Gasteiger partial charge < -0.3 is 4.74 Å². The number of fused-ring (bicyclic) bond motifs is 1. The standard InChI is InChI=1S/C30H28F6N2O2/c31-14-2-15-38-16-13-23(18-38)39-21-7-5-19(6-8-21)28-24-10-9-22(40-36)17-20(24)3-1-4-25(28)26-11-12-27(30(33,34)35)37-29(26)32/h5-12,17,23H,1-4,13-16,18H2/t23-/m0/s1. The van der Waals surface area contributed by atoms with Gasteiger partial charge in [-0.3, -0.25) is 14.2 Å². The topological polar surface area (TPSA) is 34.6 Å². The van der Waals surface area contributed by atoms with Crippen molar-refractivity contribution >= 4 is 11.1 Å². The quantitative estimate of drug-likeness (QED) is 0.209. The Balaban J connectivity index is 1.52. The van der Waals surface area contributed by atoms with E-state index in [-0.39, 0.29) is 24.1 Å². The number of aryl methyl sites for hydroxylation is 1. The van der Waals surface area contributed by atoms with Crippen LogP contribution in [0.25, 0.3) is 11.1 Å². The summed E-state index contributed by atoms with van der Waals surface area (Å²) in [6, 6.07) is 13.9. The molecule has 3 aromatic rings. The summed E-state index contributed by atoms with van der Waals surface area (Å²) < 4.78 is 86.2. The zero-order valence-electron chi connectivity index (χ0n) is 21.6. The normalized spacial score (nSPS) is 18.0. The van der Waals surface area contributed by atoms with Gasteiger partial charge in [0.05, 0.1) is 6.67 Å². The summed E-state index contributed by atoms with van der Waals surface area (Å²) in [4.78, 5) is 9.30. The highest BCUT2D eigenvalue weighted by Crippen LogP contribution is 2.42. The van der Waals surface area contributed by atoms with Crippen molar-refractivity contribution in [2.24, 2.45) is 0 Å². The van der Waals surface area contributed by atoms with Gasteiger partial charge in [0.1, 0.15) is 17.5 Å². The maximum atomic E-state index is 15.1. The Hall–Kier alpha value is -3.53. The van der Waals surface area contributed by atoms with Gasteiger partial charge in [-0.1, -0.05) is 18.2 Å². The average Bonchev–Trinajstić information content (AvgIpc) is 3.30. The molecule has 0 amide bonds. The van der Waals surface area contributed by atoms with Crippen LogP contribution in [-0.4, -0.2) is 42.3 Å². The molecule has 1 aromatic heterocycles. The van der Waals surface area contributed by atoms with E-state index in [1.807, 2.05) is 12.1 Å². The molecular formula is C30H28F6N2O2. The molecule has 40 heavy (non-hydrogen) atoms. The molecule has 10 heteroatoms. The van der Waals surface area contributed by atoms with Gasteiger partial charge in [-0.2, -0.15) is 17.6 Å². The number of alkyl halides is 4. The van der Waals surface area contributed by atoms with E-state index in [1.165, 1.54) is 6.07 Å². The summed E-state index contributed by atoms with van der Waals surface area (Å²) in [6.07, 6.45) is -2.00. The first-order valence-electron chi connectivity index (χ1n) is 13.2. The molecular weight excluding hydrogens is 534 g/mol. The number of hydrogen-bond acceptors (Lipinski definition) is 4. The molecule has 1 atom stereocenters. The van der Waals surface area contributed by atoms with E-state index in [9.17, 15) is 22.1 Å². The molecule has 0 radical (unpaired) electrons. The van der Waals surface area contributed by atoms with Crippen molar-refractivity contribution in [1.29, 1.82) is 0 Å². The number of aromatic nitrogens is 1. The van der Waals surface area contributed by atoms with E-state index in [1.54, 1.807) is 24.3 Å². The fourth-order valence-corrected chi connectivity index (χ4v) is 5.50. The van der Waals surface area contributed by atoms with Crippen molar-refractivity contribution in [3.05, 3.63) is 88.5 Å². The Labute approximate surface area is 228 Å². The van der Waals surface area contributed by atoms with Gasteiger partial charge >= 0.3 is 6.18 Å². The van der Waals surface area contributed by atoms with E-state index in [0.717, 1.165) is 30.7 Å². The lowest BCUT2D eigenvalue weighted by molar-refractivity contribution is -0.141. The highest BCUT2D eigenvalue weighted by Gasteiger charge is 2.34. The Morgan fingerprint density at radius 3 is 2.40 bits per heavy atom. The average molecular weight is 563 g/mol. The molecule has 0 spiro atoms. The van der Waals surface area contributed by atoms with Crippen molar-refractivity contribution < 1.29 is 36.2 Å². The van der Waals surface area contributed by atoms with Crippen LogP contribution in [0.3, 0.4) is 0 Å². The third-order valence-corrected chi connectivity index (χ3v) is 7.36. The van der Waals surface area contributed by atoms with Gasteiger partial charge in [-0.05, 0) is 96.3 Å². The molecule has 2 heterocycles. The Morgan fingerprint density at radius 1 is 0.950 bits per heavy atom. The summed E-state index contributed by atoms with van der Waals surface area (Å²) >= 11 is 0. The highest BCUT2D eigenvalue weighted by atomic mass is 19.4. The number of nitrogens with zero attached hydrogens (tertiary/aromatic N) is 2. The van der Waals surface area contributed by atoms with Crippen LogP contribution < -0.4 is 9.68 Å². The van der Waals surface area contributed by atoms with Crippen LogP contribution in [0.2, 0.25) is 0 Å². The molecule has 4 nitrogen and oxygen atoms in total. The molecule has 5 rings (SSSR count). The fourth-order valence-electron chi connectivity index (χ4n) is 5.50. The second-order valence-corrected chi connectivity index (χ2v) is 10.0. The maximum absolute atomic E-state index is 15.1. The summed E-state index contributed by atoms with van der Waals surface area (Å²) in [5, 5.41) is 0. The minimum atomic E-state index is -4.77. The number of pyridine rings is 1. The highest BCUT2D eigenvalue weighted by molar-refractivity contribution is 6.00. The van der Waals surface area contributed by atoms with E-state index < -0.39 is 17.8 Å². The lowest BCUT2D eigenvalue weighted by atomic mass is 9.88. The van der Waals surface area contributed by atoms with Crippen molar-refractivity contribution in [2.45, 2.75) is 44.4 Å². The number of halogens is 6. The van der Waals surface area contributed by atoms with E-state index >= 15 is 4.39 Å².